The Hall–Kier alpha value is -0.410. The monoisotopic (exact) mass is 283 g/mol. The number of carbonyl (C=O) groups is 1. The van der Waals surface area contributed by atoms with Gasteiger partial charge in [0.05, 0.1) is 12.7 Å². The Kier molecular flexibility index (Phi) is 7.18. The van der Waals surface area contributed by atoms with Gasteiger partial charge in [0.15, 0.2) is 0 Å². The number of ketones is 1. The lowest BCUT2D eigenvalue weighted by Gasteiger charge is -2.33. The van der Waals surface area contributed by atoms with Gasteiger partial charge in [-0.05, 0) is 31.7 Å². The molecule has 1 saturated heterocycles. The van der Waals surface area contributed by atoms with E-state index in [0.717, 1.165) is 32.0 Å². The van der Waals surface area contributed by atoms with Crippen LogP contribution in [-0.2, 0) is 9.53 Å². The number of ether oxygens (including phenoxy) is 1. The number of nitrogens with zero attached hydrogens (tertiary/aromatic N) is 1. The van der Waals surface area contributed by atoms with E-state index in [0.29, 0.717) is 12.2 Å². The summed E-state index contributed by atoms with van der Waals surface area (Å²) in [5.41, 5.74) is -0.217. The normalized spacial score (nSPS) is 21.4. The second-order valence-electron chi connectivity index (χ2n) is 7.54. The molecule has 1 aliphatic heterocycles. The Morgan fingerprint density at radius 3 is 2.65 bits per heavy atom. The van der Waals surface area contributed by atoms with E-state index < -0.39 is 0 Å². The van der Waals surface area contributed by atoms with Gasteiger partial charge in [-0.2, -0.15) is 0 Å². The van der Waals surface area contributed by atoms with Crippen molar-refractivity contribution in [3.8, 4) is 0 Å². The topological polar surface area (TPSA) is 29.5 Å². The van der Waals surface area contributed by atoms with Gasteiger partial charge >= 0.3 is 0 Å². The first kappa shape index (κ1) is 17.6. The fraction of sp³-hybridized carbons (Fsp3) is 0.941. The number of Topliss-reactive ketones (excluding diaryl/α,β-unsaturated/α-hetero) is 1. The maximum absolute atomic E-state index is 12.0. The highest BCUT2D eigenvalue weighted by molar-refractivity contribution is 5.83. The molecule has 0 aliphatic carbocycles. The highest BCUT2D eigenvalue weighted by atomic mass is 16.5. The van der Waals surface area contributed by atoms with E-state index in [4.69, 9.17) is 4.74 Å². The minimum atomic E-state index is -0.217. The number of hydrogen-bond donors (Lipinski definition) is 0. The maximum Gasteiger partial charge on any atom is 0.138 e. The first-order valence-corrected chi connectivity index (χ1v) is 8.16. The summed E-state index contributed by atoms with van der Waals surface area (Å²) in [4.78, 5) is 14.5. The van der Waals surface area contributed by atoms with Crippen LogP contribution in [0.1, 0.15) is 60.3 Å². The third-order valence-electron chi connectivity index (χ3n) is 4.01. The molecule has 0 saturated carbocycles. The first-order valence-electron chi connectivity index (χ1n) is 8.16. The molecule has 1 rings (SSSR count). The van der Waals surface area contributed by atoms with Crippen molar-refractivity contribution in [3.63, 3.8) is 0 Å². The van der Waals surface area contributed by atoms with Gasteiger partial charge in [0, 0.05) is 24.9 Å². The van der Waals surface area contributed by atoms with E-state index in [1.807, 2.05) is 20.8 Å². The van der Waals surface area contributed by atoms with Gasteiger partial charge in [-0.3, -0.25) is 9.69 Å². The van der Waals surface area contributed by atoms with Gasteiger partial charge in [-0.25, -0.2) is 0 Å². The van der Waals surface area contributed by atoms with E-state index in [9.17, 15) is 4.79 Å². The summed E-state index contributed by atoms with van der Waals surface area (Å²) in [6.07, 6.45) is 4.33. The van der Waals surface area contributed by atoms with E-state index in [1.165, 1.54) is 19.4 Å². The van der Waals surface area contributed by atoms with Crippen LogP contribution in [0.2, 0.25) is 0 Å². The van der Waals surface area contributed by atoms with Crippen molar-refractivity contribution in [1.29, 1.82) is 0 Å². The number of morpholine rings is 1. The molecule has 0 aromatic rings. The molecule has 3 heteroatoms. The van der Waals surface area contributed by atoms with Gasteiger partial charge in [-0.1, -0.05) is 34.6 Å². The van der Waals surface area contributed by atoms with Crippen molar-refractivity contribution < 1.29 is 9.53 Å². The molecule has 0 amide bonds. The fourth-order valence-electron chi connectivity index (χ4n) is 2.55. The molecule has 1 heterocycles. The third-order valence-corrected chi connectivity index (χ3v) is 4.01. The molecule has 0 aromatic carbocycles. The van der Waals surface area contributed by atoms with Crippen LogP contribution in [-0.4, -0.2) is 43.0 Å². The van der Waals surface area contributed by atoms with Crippen molar-refractivity contribution in [3.05, 3.63) is 0 Å². The SMILES string of the molecule is CC(C)CCCN1CCO[C@@H](CCC(=O)C(C)(C)C)C1. The fourth-order valence-corrected chi connectivity index (χ4v) is 2.55. The van der Waals surface area contributed by atoms with Crippen molar-refractivity contribution in [2.75, 3.05) is 26.2 Å². The second-order valence-corrected chi connectivity index (χ2v) is 7.54. The Bertz CT molecular complexity index is 294. The lowest BCUT2D eigenvalue weighted by atomic mass is 9.87. The van der Waals surface area contributed by atoms with Crippen LogP contribution in [0.5, 0.6) is 0 Å². The predicted molar refractivity (Wildman–Crippen MR) is 83.9 cm³/mol. The highest BCUT2D eigenvalue weighted by Gasteiger charge is 2.25. The van der Waals surface area contributed by atoms with Crippen LogP contribution in [0, 0.1) is 11.3 Å². The molecule has 1 atom stereocenters. The Balaban J connectivity index is 2.25. The van der Waals surface area contributed by atoms with Gasteiger partial charge in [0.1, 0.15) is 5.78 Å². The van der Waals surface area contributed by atoms with Crippen LogP contribution in [0.3, 0.4) is 0 Å². The first-order chi connectivity index (χ1) is 9.29. The highest BCUT2D eigenvalue weighted by Crippen LogP contribution is 2.20. The summed E-state index contributed by atoms with van der Waals surface area (Å²) in [5, 5.41) is 0. The minimum absolute atomic E-state index is 0.217. The molecule has 0 aromatic heterocycles. The Morgan fingerprint density at radius 2 is 2.05 bits per heavy atom. The van der Waals surface area contributed by atoms with Crippen molar-refractivity contribution in [2.45, 2.75) is 66.4 Å². The molecule has 3 nitrogen and oxygen atoms in total. The second kappa shape index (κ2) is 8.14. The molecule has 118 valence electrons. The summed E-state index contributed by atoms with van der Waals surface area (Å²) in [6, 6.07) is 0. The predicted octanol–water partition coefficient (Wildman–Crippen LogP) is 3.52. The zero-order valence-corrected chi connectivity index (χ0v) is 14.1. The molecule has 0 spiro atoms. The smallest absolute Gasteiger partial charge is 0.138 e. The van der Waals surface area contributed by atoms with E-state index in [-0.39, 0.29) is 11.5 Å². The van der Waals surface area contributed by atoms with Crippen LogP contribution >= 0.6 is 0 Å². The standard InChI is InChI=1S/C17H33NO2/c1-14(2)7-6-10-18-11-12-20-15(13-18)8-9-16(19)17(3,4)5/h14-15H,6-13H2,1-5H3/t15-/m0/s1. The molecule has 1 fully saturated rings. The summed E-state index contributed by atoms with van der Waals surface area (Å²) in [5.74, 6) is 1.13. The summed E-state index contributed by atoms with van der Waals surface area (Å²) < 4.78 is 5.80. The molecule has 0 N–H and O–H groups in total. The quantitative estimate of drug-likeness (QED) is 0.716. The maximum atomic E-state index is 12.0. The number of carbonyl (C=O) groups excluding carboxylic acids is 1. The number of hydrogen-bond acceptors (Lipinski definition) is 3. The van der Waals surface area contributed by atoms with Crippen molar-refractivity contribution >= 4 is 5.78 Å². The van der Waals surface area contributed by atoms with Gasteiger partial charge in [-0.15, -0.1) is 0 Å². The van der Waals surface area contributed by atoms with Crippen molar-refractivity contribution in [2.24, 2.45) is 11.3 Å². The molecule has 1 aliphatic rings. The molecule has 0 bridgehead atoms. The Labute approximate surface area is 125 Å². The summed E-state index contributed by atoms with van der Waals surface area (Å²) in [7, 11) is 0. The molecular weight excluding hydrogens is 250 g/mol. The average Bonchev–Trinajstić information content (AvgIpc) is 2.35. The van der Waals surface area contributed by atoms with E-state index >= 15 is 0 Å². The lowest BCUT2D eigenvalue weighted by Crippen LogP contribution is -2.43. The zero-order valence-electron chi connectivity index (χ0n) is 14.1. The van der Waals surface area contributed by atoms with Gasteiger partial charge in [0.25, 0.3) is 0 Å². The van der Waals surface area contributed by atoms with E-state index in [1.54, 1.807) is 0 Å². The van der Waals surface area contributed by atoms with Crippen molar-refractivity contribution in [1.82, 2.24) is 4.90 Å². The summed E-state index contributed by atoms with van der Waals surface area (Å²) in [6.45, 7) is 14.6. The zero-order chi connectivity index (χ0) is 15.2. The lowest BCUT2D eigenvalue weighted by molar-refractivity contribution is -0.127. The molecule has 20 heavy (non-hydrogen) atoms. The average molecular weight is 283 g/mol. The largest absolute Gasteiger partial charge is 0.376 e. The van der Waals surface area contributed by atoms with Crippen LogP contribution < -0.4 is 0 Å². The molecule has 0 radical (unpaired) electrons. The Morgan fingerprint density at radius 1 is 1.35 bits per heavy atom. The minimum Gasteiger partial charge on any atom is -0.376 e. The van der Waals surface area contributed by atoms with E-state index in [2.05, 4.69) is 18.7 Å². The van der Waals surface area contributed by atoms with Gasteiger partial charge < -0.3 is 4.74 Å². The van der Waals surface area contributed by atoms with Crippen LogP contribution in [0.25, 0.3) is 0 Å². The summed E-state index contributed by atoms with van der Waals surface area (Å²) >= 11 is 0. The molecular formula is C17H33NO2. The third kappa shape index (κ3) is 6.85. The number of rotatable bonds is 7. The van der Waals surface area contributed by atoms with Gasteiger partial charge in [0.2, 0.25) is 0 Å². The van der Waals surface area contributed by atoms with Crippen LogP contribution in [0.15, 0.2) is 0 Å². The van der Waals surface area contributed by atoms with Crippen LogP contribution in [0.4, 0.5) is 0 Å². The molecule has 0 unspecified atom stereocenters.